The number of aromatic nitrogens is 4. The quantitative estimate of drug-likeness (QED) is 0.423. The van der Waals surface area contributed by atoms with Gasteiger partial charge in [0.1, 0.15) is 22.7 Å². The van der Waals surface area contributed by atoms with Gasteiger partial charge in [-0.25, -0.2) is 4.68 Å². The van der Waals surface area contributed by atoms with Gasteiger partial charge in [0.25, 0.3) is 0 Å². The van der Waals surface area contributed by atoms with Crippen molar-refractivity contribution in [1.82, 2.24) is 14.3 Å². The summed E-state index contributed by atoms with van der Waals surface area (Å²) in [5.41, 5.74) is 7.65. The Balaban J connectivity index is 1.65. The second-order valence-electron chi connectivity index (χ2n) is 8.53. The lowest BCUT2D eigenvalue weighted by Crippen LogP contribution is -2.29. The first-order chi connectivity index (χ1) is 16.1. The zero-order valence-electron chi connectivity index (χ0n) is 18.5. The Hall–Kier alpha value is -4.31. The Morgan fingerprint density at radius 1 is 1.06 bits per heavy atom. The van der Waals surface area contributed by atoms with Crippen LogP contribution in [0.25, 0.3) is 22.4 Å². The van der Waals surface area contributed by atoms with Crippen molar-refractivity contribution in [2.24, 2.45) is 7.05 Å². The molecule has 1 aliphatic rings. The van der Waals surface area contributed by atoms with Crippen molar-refractivity contribution < 1.29 is 4.40 Å². The summed E-state index contributed by atoms with van der Waals surface area (Å²) in [7, 11) is 1.90. The second kappa shape index (κ2) is 7.10. The Morgan fingerprint density at radius 2 is 1.79 bits per heavy atom. The van der Waals surface area contributed by atoms with Crippen LogP contribution in [0.1, 0.15) is 28.8 Å². The lowest BCUT2D eigenvalue weighted by atomic mass is 10.1. The molecule has 5 aromatic rings. The Bertz CT molecular complexity index is 1660. The minimum absolute atomic E-state index is 0.106. The van der Waals surface area contributed by atoms with E-state index >= 15 is 0 Å². The van der Waals surface area contributed by atoms with Crippen molar-refractivity contribution in [2.75, 3.05) is 5.32 Å². The number of nitrogens with one attached hydrogen (secondary N) is 2. The predicted octanol–water partition coefficient (Wildman–Crippen LogP) is 3.81. The van der Waals surface area contributed by atoms with Gasteiger partial charge in [0.2, 0.25) is 11.5 Å². The lowest BCUT2D eigenvalue weighted by Gasteiger charge is -2.10. The third-order valence-electron chi connectivity index (χ3n) is 6.80. The Morgan fingerprint density at radius 3 is 2.58 bits per heavy atom. The first kappa shape index (κ1) is 19.4. The zero-order chi connectivity index (χ0) is 22.7. The van der Waals surface area contributed by atoms with Crippen molar-refractivity contribution in [3.63, 3.8) is 0 Å². The number of imidazole rings is 1. The molecule has 3 heterocycles. The molecule has 0 atom stereocenters. The molecule has 7 heteroatoms. The smallest absolute Gasteiger partial charge is 0.282 e. The number of hydrogen-bond acceptors (Lipinski definition) is 3. The second-order valence-corrected chi connectivity index (χ2v) is 8.53. The third-order valence-corrected chi connectivity index (χ3v) is 6.80. The van der Waals surface area contributed by atoms with Crippen LogP contribution >= 0.6 is 0 Å². The molecule has 162 valence electrons. The first-order valence-corrected chi connectivity index (χ1v) is 11.1. The molecule has 0 amide bonds. The number of anilines is 2. The number of para-hydroxylation sites is 3. The molecule has 0 saturated heterocycles. The monoisotopic (exact) mass is 435 g/mol. The maximum Gasteiger partial charge on any atom is 0.310 e. The third kappa shape index (κ3) is 2.67. The van der Waals surface area contributed by atoms with Crippen molar-refractivity contribution in [3.05, 3.63) is 87.3 Å². The molecular formula is C26H23N6O+. The molecule has 0 unspecified atom stereocenters. The van der Waals surface area contributed by atoms with Gasteiger partial charge in [-0.05, 0) is 56.0 Å². The average Bonchev–Trinajstić information content (AvgIpc) is 3.52. The summed E-state index contributed by atoms with van der Waals surface area (Å²) in [6.07, 6.45) is 2.72. The fourth-order valence-electron chi connectivity index (χ4n) is 5.13. The highest BCUT2D eigenvalue weighted by molar-refractivity contribution is 5.79. The molecule has 6 rings (SSSR count). The van der Waals surface area contributed by atoms with E-state index in [0.29, 0.717) is 11.3 Å². The minimum Gasteiger partial charge on any atom is -0.282 e. The van der Waals surface area contributed by atoms with Crippen LogP contribution in [-0.2, 0) is 19.9 Å². The molecule has 2 N–H and O–H groups in total. The molecule has 7 nitrogen and oxygen atoms in total. The van der Waals surface area contributed by atoms with E-state index in [0.717, 1.165) is 64.3 Å². The minimum atomic E-state index is -0.106. The molecule has 2 aromatic carbocycles. The van der Waals surface area contributed by atoms with E-state index < -0.39 is 0 Å². The molecule has 0 spiro atoms. The first-order valence-electron chi connectivity index (χ1n) is 11.1. The van der Waals surface area contributed by atoms with Gasteiger partial charge < -0.3 is 0 Å². The number of benzene rings is 2. The summed E-state index contributed by atoms with van der Waals surface area (Å²) < 4.78 is 5.62. The van der Waals surface area contributed by atoms with Crippen LogP contribution in [0.4, 0.5) is 11.5 Å². The van der Waals surface area contributed by atoms with E-state index in [4.69, 9.17) is 0 Å². The molecule has 0 bridgehead atoms. The topological polar surface area (TPSA) is 82.6 Å². The van der Waals surface area contributed by atoms with E-state index in [1.807, 2.05) is 73.3 Å². The van der Waals surface area contributed by atoms with Crippen LogP contribution in [-0.4, -0.2) is 14.3 Å². The maximum atomic E-state index is 13.6. The molecule has 0 radical (unpaired) electrons. The van der Waals surface area contributed by atoms with Crippen LogP contribution in [0.15, 0.2) is 59.4 Å². The molecule has 3 aromatic heterocycles. The van der Waals surface area contributed by atoms with E-state index in [1.54, 1.807) is 4.68 Å². The normalized spacial score (nSPS) is 12.9. The molecule has 1 aliphatic carbocycles. The van der Waals surface area contributed by atoms with Crippen LogP contribution in [0, 0.1) is 18.3 Å². The Kier molecular flexibility index (Phi) is 4.17. The van der Waals surface area contributed by atoms with Gasteiger partial charge in [0.05, 0.1) is 11.4 Å². The van der Waals surface area contributed by atoms with Crippen LogP contribution in [0.5, 0.6) is 0 Å². The SMILES string of the molecule is Cc1c(Nc2c3c(c(C#N)c4[nH]c5ccccc5[n+]24)CCC3)c(=O)n(-c2ccccc2)n1C. The number of hydrogen-bond donors (Lipinski definition) is 2. The zero-order valence-corrected chi connectivity index (χ0v) is 18.5. The number of aromatic amines is 1. The number of fused-ring (bicyclic) bond motifs is 4. The fourth-order valence-corrected chi connectivity index (χ4v) is 5.13. The van der Waals surface area contributed by atoms with Gasteiger partial charge >= 0.3 is 5.56 Å². The summed E-state index contributed by atoms with van der Waals surface area (Å²) in [6.45, 7) is 1.95. The largest absolute Gasteiger partial charge is 0.310 e. The van der Waals surface area contributed by atoms with Gasteiger partial charge in [-0.15, -0.1) is 0 Å². The predicted molar refractivity (Wildman–Crippen MR) is 127 cm³/mol. The summed E-state index contributed by atoms with van der Waals surface area (Å²) in [5.74, 6) is 0.861. The van der Waals surface area contributed by atoms with Gasteiger partial charge in [0, 0.05) is 12.6 Å². The average molecular weight is 436 g/mol. The number of H-pyrrole nitrogens is 1. The summed E-state index contributed by atoms with van der Waals surface area (Å²) in [4.78, 5) is 17.0. The summed E-state index contributed by atoms with van der Waals surface area (Å²) >= 11 is 0. The molecule has 0 fully saturated rings. The fraction of sp³-hybridized carbons (Fsp3) is 0.192. The molecule has 0 saturated carbocycles. The summed E-state index contributed by atoms with van der Waals surface area (Å²) in [6, 6.07) is 20.1. The maximum absolute atomic E-state index is 13.6. The van der Waals surface area contributed by atoms with E-state index in [9.17, 15) is 10.1 Å². The van der Waals surface area contributed by atoms with Crippen molar-refractivity contribution in [2.45, 2.75) is 26.2 Å². The Labute approximate surface area is 190 Å². The van der Waals surface area contributed by atoms with Crippen LogP contribution in [0.3, 0.4) is 0 Å². The lowest BCUT2D eigenvalue weighted by molar-refractivity contribution is -0.465. The highest BCUT2D eigenvalue weighted by atomic mass is 16.1. The van der Waals surface area contributed by atoms with Crippen LogP contribution in [0.2, 0.25) is 0 Å². The van der Waals surface area contributed by atoms with Crippen LogP contribution < -0.4 is 15.3 Å². The number of nitriles is 1. The number of rotatable bonds is 3. The van der Waals surface area contributed by atoms with Gasteiger partial charge in [-0.3, -0.25) is 19.8 Å². The van der Waals surface area contributed by atoms with Gasteiger partial charge in [-0.2, -0.15) is 9.66 Å². The van der Waals surface area contributed by atoms with Gasteiger partial charge in [-0.1, -0.05) is 30.3 Å². The molecular weight excluding hydrogens is 412 g/mol. The van der Waals surface area contributed by atoms with Crippen molar-refractivity contribution >= 4 is 28.2 Å². The van der Waals surface area contributed by atoms with E-state index in [-0.39, 0.29) is 5.56 Å². The van der Waals surface area contributed by atoms with Gasteiger partial charge in [0.15, 0.2) is 5.69 Å². The number of pyridine rings is 1. The van der Waals surface area contributed by atoms with E-state index in [1.165, 1.54) is 0 Å². The highest BCUT2D eigenvalue weighted by Gasteiger charge is 2.31. The number of nitrogens with zero attached hydrogens (tertiary/aromatic N) is 4. The summed E-state index contributed by atoms with van der Waals surface area (Å²) in [5, 5.41) is 13.5. The molecule has 0 aliphatic heterocycles. The van der Waals surface area contributed by atoms with E-state index in [2.05, 4.69) is 20.8 Å². The highest BCUT2D eigenvalue weighted by Crippen LogP contribution is 2.34. The van der Waals surface area contributed by atoms with Crippen molar-refractivity contribution in [1.29, 1.82) is 5.26 Å². The standard InChI is InChI=1S/C26H22N6O/c1-16-23(26(33)32(30(16)2)17-9-4-3-5-10-17)29-24-19-12-8-11-18(19)20(15-27)25-28-21-13-6-7-14-22(21)31(24)25/h3-7,9-10,13-14H,8,11-12H2,1-2H3,(H,28,29)/p+1. The van der Waals surface area contributed by atoms with Crippen molar-refractivity contribution in [3.8, 4) is 11.8 Å². The molecule has 33 heavy (non-hydrogen) atoms.